The summed E-state index contributed by atoms with van der Waals surface area (Å²) in [7, 11) is 0. The van der Waals surface area contributed by atoms with E-state index in [2.05, 4.69) is 29.4 Å². The molecular weight excluding hydrogens is 214 g/mol. The van der Waals surface area contributed by atoms with Gasteiger partial charge in [0.1, 0.15) is 0 Å². The minimum Gasteiger partial charge on any atom is -0.379 e. The molecule has 0 atom stereocenters. The van der Waals surface area contributed by atoms with Crippen molar-refractivity contribution in [1.29, 1.82) is 0 Å². The van der Waals surface area contributed by atoms with E-state index in [9.17, 15) is 0 Å². The van der Waals surface area contributed by atoms with Gasteiger partial charge in [-0.25, -0.2) is 0 Å². The molecule has 1 aliphatic heterocycles. The number of ether oxygens (including phenoxy) is 1. The number of piperidine rings is 1. The lowest BCUT2D eigenvalue weighted by Crippen LogP contribution is -2.43. The molecule has 1 heterocycles. The Bertz CT molecular complexity index is 170. The minimum atomic E-state index is 0.742. The van der Waals surface area contributed by atoms with Gasteiger partial charge in [-0.2, -0.15) is 0 Å². The van der Waals surface area contributed by atoms with Crippen molar-refractivity contribution in [2.24, 2.45) is 0 Å². The van der Waals surface area contributed by atoms with Crippen LogP contribution in [0.1, 0.15) is 26.7 Å². The van der Waals surface area contributed by atoms with E-state index in [0.717, 1.165) is 45.4 Å². The first-order valence-electron chi connectivity index (χ1n) is 7.11. The van der Waals surface area contributed by atoms with Crippen molar-refractivity contribution in [1.82, 2.24) is 15.5 Å². The fraction of sp³-hybridized carbons (Fsp3) is 1.00. The lowest BCUT2D eigenvalue weighted by Gasteiger charge is -2.32. The second-order valence-electron chi connectivity index (χ2n) is 4.64. The third-order valence-corrected chi connectivity index (χ3v) is 3.31. The summed E-state index contributed by atoms with van der Waals surface area (Å²) in [6, 6.07) is 0.742. The Kier molecular flexibility index (Phi) is 8.61. The molecule has 102 valence electrons. The molecule has 0 aromatic carbocycles. The average molecular weight is 243 g/mol. The lowest BCUT2D eigenvalue weighted by molar-refractivity contribution is 0.0935. The van der Waals surface area contributed by atoms with Crippen LogP contribution in [0.4, 0.5) is 0 Å². The highest BCUT2D eigenvalue weighted by molar-refractivity contribution is 4.76. The Morgan fingerprint density at radius 1 is 1.12 bits per heavy atom. The Morgan fingerprint density at radius 2 is 1.88 bits per heavy atom. The summed E-state index contributed by atoms with van der Waals surface area (Å²) >= 11 is 0. The number of rotatable bonds is 9. The highest BCUT2D eigenvalue weighted by Crippen LogP contribution is 2.09. The highest BCUT2D eigenvalue weighted by atomic mass is 16.5. The van der Waals surface area contributed by atoms with E-state index in [4.69, 9.17) is 4.74 Å². The Morgan fingerprint density at radius 3 is 2.53 bits per heavy atom. The van der Waals surface area contributed by atoms with Crippen molar-refractivity contribution in [3.8, 4) is 0 Å². The zero-order valence-electron chi connectivity index (χ0n) is 11.5. The van der Waals surface area contributed by atoms with Gasteiger partial charge in [0, 0.05) is 19.1 Å². The van der Waals surface area contributed by atoms with Gasteiger partial charge >= 0.3 is 0 Å². The second-order valence-corrected chi connectivity index (χ2v) is 4.64. The number of nitrogens with one attached hydrogen (secondary N) is 2. The summed E-state index contributed by atoms with van der Waals surface area (Å²) in [6.45, 7) is 12.6. The van der Waals surface area contributed by atoms with Gasteiger partial charge < -0.3 is 20.3 Å². The topological polar surface area (TPSA) is 36.5 Å². The Hall–Kier alpha value is -0.160. The molecular formula is C13H29N3O. The van der Waals surface area contributed by atoms with Crippen LogP contribution in [-0.4, -0.2) is 63.4 Å². The lowest BCUT2D eigenvalue weighted by atomic mass is 10.1. The smallest absolute Gasteiger partial charge is 0.0594 e. The van der Waals surface area contributed by atoms with E-state index in [1.54, 1.807) is 0 Å². The summed E-state index contributed by atoms with van der Waals surface area (Å²) in [5.74, 6) is 0. The fourth-order valence-corrected chi connectivity index (χ4v) is 2.27. The van der Waals surface area contributed by atoms with Crippen LogP contribution in [0.25, 0.3) is 0 Å². The van der Waals surface area contributed by atoms with E-state index in [1.807, 2.05) is 0 Å². The third-order valence-electron chi connectivity index (χ3n) is 3.31. The molecule has 0 aliphatic carbocycles. The maximum Gasteiger partial charge on any atom is 0.0594 e. The first kappa shape index (κ1) is 14.9. The molecule has 17 heavy (non-hydrogen) atoms. The maximum absolute atomic E-state index is 5.59. The Balaban J connectivity index is 1.91. The van der Waals surface area contributed by atoms with Gasteiger partial charge in [0.05, 0.1) is 13.2 Å². The first-order valence-corrected chi connectivity index (χ1v) is 7.11. The zero-order valence-corrected chi connectivity index (χ0v) is 11.5. The summed E-state index contributed by atoms with van der Waals surface area (Å²) < 4.78 is 5.59. The number of hydrogen-bond acceptors (Lipinski definition) is 4. The number of nitrogens with zero attached hydrogens (tertiary/aromatic N) is 1. The van der Waals surface area contributed by atoms with Gasteiger partial charge in [-0.1, -0.05) is 13.8 Å². The second kappa shape index (κ2) is 9.83. The number of likely N-dealkylation sites (tertiary alicyclic amines) is 1. The molecule has 0 bridgehead atoms. The minimum absolute atomic E-state index is 0.742. The SMILES string of the molecule is CCNCCOCCN1CCC(NCC)CC1. The number of hydrogen-bond donors (Lipinski definition) is 2. The van der Waals surface area contributed by atoms with E-state index in [1.165, 1.54) is 25.9 Å². The molecule has 4 heteroatoms. The summed E-state index contributed by atoms with van der Waals surface area (Å²) in [6.07, 6.45) is 2.57. The fourth-order valence-electron chi connectivity index (χ4n) is 2.27. The van der Waals surface area contributed by atoms with Crippen LogP contribution in [0, 0.1) is 0 Å². The first-order chi connectivity index (χ1) is 8.36. The molecule has 4 nitrogen and oxygen atoms in total. The standard InChI is InChI=1S/C13H29N3O/c1-3-14-7-11-17-12-10-16-8-5-13(6-9-16)15-4-2/h13-15H,3-12H2,1-2H3. The van der Waals surface area contributed by atoms with Gasteiger partial charge in [0.25, 0.3) is 0 Å². The third kappa shape index (κ3) is 6.99. The van der Waals surface area contributed by atoms with Crippen molar-refractivity contribution in [2.45, 2.75) is 32.7 Å². The molecule has 1 rings (SSSR count). The van der Waals surface area contributed by atoms with Crippen molar-refractivity contribution in [3.05, 3.63) is 0 Å². The van der Waals surface area contributed by atoms with E-state index in [-0.39, 0.29) is 0 Å². The van der Waals surface area contributed by atoms with E-state index >= 15 is 0 Å². The monoisotopic (exact) mass is 243 g/mol. The maximum atomic E-state index is 5.59. The quantitative estimate of drug-likeness (QED) is 0.584. The van der Waals surface area contributed by atoms with Crippen molar-refractivity contribution in [3.63, 3.8) is 0 Å². The highest BCUT2D eigenvalue weighted by Gasteiger charge is 2.17. The van der Waals surface area contributed by atoms with Crippen molar-refractivity contribution < 1.29 is 4.74 Å². The predicted octanol–water partition coefficient (Wildman–Crippen LogP) is 0.686. The van der Waals surface area contributed by atoms with Crippen LogP contribution in [0.2, 0.25) is 0 Å². The van der Waals surface area contributed by atoms with Gasteiger partial charge in [0.2, 0.25) is 0 Å². The van der Waals surface area contributed by atoms with E-state index < -0.39 is 0 Å². The van der Waals surface area contributed by atoms with Gasteiger partial charge in [-0.15, -0.1) is 0 Å². The zero-order chi connectivity index (χ0) is 12.3. The summed E-state index contributed by atoms with van der Waals surface area (Å²) in [5.41, 5.74) is 0. The number of likely N-dealkylation sites (N-methyl/N-ethyl adjacent to an activating group) is 1. The van der Waals surface area contributed by atoms with Crippen LogP contribution in [0.5, 0.6) is 0 Å². The van der Waals surface area contributed by atoms with Gasteiger partial charge in [-0.3, -0.25) is 0 Å². The molecule has 2 N–H and O–H groups in total. The molecule has 0 aromatic rings. The van der Waals surface area contributed by atoms with Crippen LogP contribution in [0.15, 0.2) is 0 Å². The summed E-state index contributed by atoms with van der Waals surface area (Å²) in [5, 5.41) is 6.79. The van der Waals surface area contributed by atoms with Gasteiger partial charge in [0.15, 0.2) is 0 Å². The van der Waals surface area contributed by atoms with Crippen molar-refractivity contribution in [2.75, 3.05) is 52.5 Å². The van der Waals surface area contributed by atoms with Crippen LogP contribution in [-0.2, 0) is 4.74 Å². The van der Waals surface area contributed by atoms with Crippen LogP contribution >= 0.6 is 0 Å². The van der Waals surface area contributed by atoms with Crippen LogP contribution in [0.3, 0.4) is 0 Å². The van der Waals surface area contributed by atoms with Crippen LogP contribution < -0.4 is 10.6 Å². The average Bonchev–Trinajstić information content (AvgIpc) is 2.36. The van der Waals surface area contributed by atoms with Crippen molar-refractivity contribution >= 4 is 0 Å². The predicted molar refractivity (Wildman–Crippen MR) is 72.5 cm³/mol. The largest absolute Gasteiger partial charge is 0.379 e. The molecule has 0 unspecified atom stereocenters. The molecule has 0 saturated carbocycles. The summed E-state index contributed by atoms with van der Waals surface area (Å²) in [4.78, 5) is 2.51. The normalized spacial score (nSPS) is 18.7. The molecule has 0 amide bonds. The molecule has 0 radical (unpaired) electrons. The molecule has 1 saturated heterocycles. The Labute approximate surface area is 106 Å². The molecule has 1 fully saturated rings. The van der Waals surface area contributed by atoms with E-state index in [0.29, 0.717) is 0 Å². The molecule has 1 aliphatic rings. The molecule has 0 aromatic heterocycles. The van der Waals surface area contributed by atoms with Gasteiger partial charge in [-0.05, 0) is 39.0 Å². The molecule has 0 spiro atoms.